The van der Waals surface area contributed by atoms with E-state index in [-0.39, 0.29) is 12.2 Å². The fourth-order valence-electron chi connectivity index (χ4n) is 1.56. The lowest BCUT2D eigenvalue weighted by Gasteiger charge is -2.09. The molecule has 7 heteroatoms. The molecule has 19 heavy (non-hydrogen) atoms. The summed E-state index contributed by atoms with van der Waals surface area (Å²) in [5.74, 6) is -0.873. The summed E-state index contributed by atoms with van der Waals surface area (Å²) in [5.41, 5.74) is 6.10. The van der Waals surface area contributed by atoms with Crippen molar-refractivity contribution in [3.05, 3.63) is 54.1 Å². The van der Waals surface area contributed by atoms with Crippen LogP contribution < -0.4 is 10.5 Å². The maximum Gasteiger partial charge on any atom is 0.245 e. The number of halogens is 1. The molecule has 0 atom stereocenters. The van der Waals surface area contributed by atoms with E-state index < -0.39 is 20.7 Å². The molecule has 100 valence electrons. The van der Waals surface area contributed by atoms with E-state index in [0.717, 1.165) is 6.07 Å². The van der Waals surface area contributed by atoms with Crippen LogP contribution in [-0.4, -0.2) is 13.4 Å². The molecule has 1 heterocycles. The number of anilines is 1. The van der Waals surface area contributed by atoms with Crippen LogP contribution in [0.2, 0.25) is 0 Å². The van der Waals surface area contributed by atoms with Gasteiger partial charge in [-0.3, -0.25) is 4.98 Å². The molecule has 0 spiro atoms. The van der Waals surface area contributed by atoms with Crippen LogP contribution >= 0.6 is 0 Å². The largest absolute Gasteiger partial charge is 0.398 e. The number of pyridine rings is 1. The summed E-state index contributed by atoms with van der Waals surface area (Å²) in [6.45, 7) is 0.0403. The van der Waals surface area contributed by atoms with Crippen molar-refractivity contribution in [1.82, 2.24) is 9.71 Å². The minimum Gasteiger partial charge on any atom is -0.398 e. The van der Waals surface area contributed by atoms with Gasteiger partial charge in [0.1, 0.15) is 10.7 Å². The molecule has 0 aliphatic heterocycles. The van der Waals surface area contributed by atoms with Gasteiger partial charge < -0.3 is 5.73 Å². The Bertz CT molecular complexity index is 654. The van der Waals surface area contributed by atoms with Crippen molar-refractivity contribution in [3.8, 4) is 0 Å². The summed E-state index contributed by atoms with van der Waals surface area (Å²) in [5, 5.41) is 0. The molecular weight excluding hydrogens is 269 g/mol. The second-order valence-electron chi connectivity index (χ2n) is 3.84. The summed E-state index contributed by atoms with van der Waals surface area (Å²) in [6.07, 6.45) is 3.09. The second kappa shape index (κ2) is 5.33. The zero-order chi connectivity index (χ0) is 13.9. The molecule has 0 saturated carbocycles. The molecule has 1 aromatic heterocycles. The van der Waals surface area contributed by atoms with Crippen molar-refractivity contribution >= 4 is 15.7 Å². The van der Waals surface area contributed by atoms with E-state index in [1.54, 1.807) is 24.5 Å². The van der Waals surface area contributed by atoms with Gasteiger partial charge in [-0.05, 0) is 29.8 Å². The lowest BCUT2D eigenvalue weighted by Crippen LogP contribution is -2.25. The maximum atomic E-state index is 13.6. The van der Waals surface area contributed by atoms with Gasteiger partial charge in [-0.2, -0.15) is 0 Å². The van der Waals surface area contributed by atoms with E-state index in [0.29, 0.717) is 5.56 Å². The molecule has 2 rings (SSSR count). The molecule has 1 aromatic carbocycles. The summed E-state index contributed by atoms with van der Waals surface area (Å²) in [4.78, 5) is 3.29. The van der Waals surface area contributed by atoms with Gasteiger partial charge in [0.2, 0.25) is 10.0 Å². The number of hydrogen-bond donors (Lipinski definition) is 2. The van der Waals surface area contributed by atoms with Crippen LogP contribution in [-0.2, 0) is 16.6 Å². The zero-order valence-electron chi connectivity index (χ0n) is 9.88. The topological polar surface area (TPSA) is 85.1 Å². The molecule has 5 nitrogen and oxygen atoms in total. The molecule has 0 aliphatic rings. The Kier molecular flexibility index (Phi) is 3.77. The van der Waals surface area contributed by atoms with Crippen molar-refractivity contribution in [2.45, 2.75) is 11.4 Å². The average molecular weight is 281 g/mol. The lowest BCUT2D eigenvalue weighted by molar-refractivity contribution is 0.558. The fourth-order valence-corrected chi connectivity index (χ4v) is 2.76. The summed E-state index contributed by atoms with van der Waals surface area (Å²) in [6, 6.07) is 7.06. The predicted molar refractivity (Wildman–Crippen MR) is 69.1 cm³/mol. The standard InChI is InChI=1S/C12H12FN3O2S/c13-10-2-1-3-11(14)12(10)19(17,18)16-8-9-4-6-15-7-5-9/h1-7,16H,8,14H2. The first-order chi connectivity index (χ1) is 9.00. The van der Waals surface area contributed by atoms with Gasteiger partial charge in [0.05, 0.1) is 5.69 Å². The Morgan fingerprint density at radius 2 is 1.89 bits per heavy atom. The minimum atomic E-state index is -3.99. The van der Waals surface area contributed by atoms with E-state index >= 15 is 0 Å². The first-order valence-electron chi connectivity index (χ1n) is 5.43. The van der Waals surface area contributed by atoms with Crippen molar-refractivity contribution in [1.29, 1.82) is 0 Å². The Balaban J connectivity index is 2.24. The van der Waals surface area contributed by atoms with Crippen molar-refractivity contribution in [2.24, 2.45) is 0 Å². The summed E-state index contributed by atoms with van der Waals surface area (Å²) < 4.78 is 39.9. The first kappa shape index (κ1) is 13.4. The van der Waals surface area contributed by atoms with Gasteiger partial charge in [-0.25, -0.2) is 17.5 Å². The number of rotatable bonds is 4. The number of benzene rings is 1. The van der Waals surface area contributed by atoms with Crippen molar-refractivity contribution in [3.63, 3.8) is 0 Å². The van der Waals surface area contributed by atoms with E-state index in [1.807, 2.05) is 0 Å². The highest BCUT2D eigenvalue weighted by molar-refractivity contribution is 7.89. The number of nitrogens with one attached hydrogen (secondary N) is 1. The Morgan fingerprint density at radius 1 is 1.21 bits per heavy atom. The third-order valence-corrected chi connectivity index (χ3v) is 3.97. The molecule has 0 fully saturated rings. The SMILES string of the molecule is Nc1cccc(F)c1S(=O)(=O)NCc1ccncc1. The fraction of sp³-hybridized carbons (Fsp3) is 0.0833. The first-order valence-corrected chi connectivity index (χ1v) is 6.91. The van der Waals surface area contributed by atoms with Gasteiger partial charge in [0.25, 0.3) is 0 Å². The molecule has 0 radical (unpaired) electrons. The Morgan fingerprint density at radius 3 is 2.53 bits per heavy atom. The smallest absolute Gasteiger partial charge is 0.245 e. The normalized spacial score (nSPS) is 11.4. The third kappa shape index (κ3) is 3.07. The predicted octanol–water partition coefficient (Wildman–Crippen LogP) is 1.28. The van der Waals surface area contributed by atoms with Gasteiger partial charge in [0.15, 0.2) is 0 Å². The summed E-state index contributed by atoms with van der Waals surface area (Å²) >= 11 is 0. The number of nitrogens with zero attached hydrogens (tertiary/aromatic N) is 1. The Hall–Kier alpha value is -1.99. The van der Waals surface area contributed by atoms with Gasteiger partial charge in [-0.1, -0.05) is 6.07 Å². The van der Waals surface area contributed by atoms with E-state index in [1.165, 1.54) is 12.1 Å². The molecule has 0 amide bonds. The number of sulfonamides is 1. The van der Waals surface area contributed by atoms with Crippen LogP contribution in [0.3, 0.4) is 0 Å². The van der Waals surface area contributed by atoms with Crippen LogP contribution in [0.5, 0.6) is 0 Å². The van der Waals surface area contributed by atoms with Gasteiger partial charge in [0, 0.05) is 18.9 Å². The number of nitrogen functional groups attached to an aromatic ring is 1. The maximum absolute atomic E-state index is 13.6. The minimum absolute atomic E-state index is 0.0403. The number of hydrogen-bond acceptors (Lipinski definition) is 4. The van der Waals surface area contributed by atoms with Crippen LogP contribution in [0.25, 0.3) is 0 Å². The highest BCUT2D eigenvalue weighted by Crippen LogP contribution is 2.21. The van der Waals surface area contributed by atoms with Crippen LogP contribution in [0.1, 0.15) is 5.56 Å². The van der Waals surface area contributed by atoms with Gasteiger partial charge >= 0.3 is 0 Å². The van der Waals surface area contributed by atoms with Crippen LogP contribution in [0, 0.1) is 5.82 Å². The van der Waals surface area contributed by atoms with E-state index in [9.17, 15) is 12.8 Å². The zero-order valence-corrected chi connectivity index (χ0v) is 10.7. The van der Waals surface area contributed by atoms with E-state index in [2.05, 4.69) is 9.71 Å². The number of aromatic nitrogens is 1. The molecule has 3 N–H and O–H groups in total. The lowest BCUT2D eigenvalue weighted by atomic mass is 10.3. The monoisotopic (exact) mass is 281 g/mol. The highest BCUT2D eigenvalue weighted by atomic mass is 32.2. The number of nitrogens with two attached hydrogens (primary N) is 1. The molecule has 0 saturated heterocycles. The molecule has 0 bridgehead atoms. The molecular formula is C12H12FN3O2S. The van der Waals surface area contributed by atoms with Crippen LogP contribution in [0.15, 0.2) is 47.6 Å². The quantitative estimate of drug-likeness (QED) is 0.827. The van der Waals surface area contributed by atoms with E-state index in [4.69, 9.17) is 5.73 Å². The van der Waals surface area contributed by atoms with Crippen LogP contribution in [0.4, 0.5) is 10.1 Å². The van der Waals surface area contributed by atoms with Gasteiger partial charge in [-0.15, -0.1) is 0 Å². The van der Waals surface area contributed by atoms with Crippen molar-refractivity contribution < 1.29 is 12.8 Å². The Labute approximate surface area is 110 Å². The second-order valence-corrected chi connectivity index (χ2v) is 5.54. The highest BCUT2D eigenvalue weighted by Gasteiger charge is 2.21. The average Bonchev–Trinajstić information content (AvgIpc) is 2.37. The molecule has 2 aromatic rings. The molecule has 0 aliphatic carbocycles. The third-order valence-electron chi connectivity index (χ3n) is 2.48. The summed E-state index contributed by atoms with van der Waals surface area (Å²) in [7, 11) is -3.99. The molecule has 0 unspecified atom stereocenters. The van der Waals surface area contributed by atoms with Crippen molar-refractivity contribution in [2.75, 3.05) is 5.73 Å².